The molecule has 0 aromatic heterocycles. The number of carbonyl (C=O) groups excluding carboxylic acids is 1. The summed E-state index contributed by atoms with van der Waals surface area (Å²) in [7, 11) is 0. The summed E-state index contributed by atoms with van der Waals surface area (Å²) < 4.78 is 0. The highest BCUT2D eigenvalue weighted by molar-refractivity contribution is 6.33. The average Bonchev–Trinajstić information content (AvgIpc) is 2.32. The molecular formula is C14H21ClN2O. The molecule has 1 aromatic carbocycles. The van der Waals surface area contributed by atoms with Gasteiger partial charge in [-0.15, -0.1) is 0 Å². The number of benzene rings is 1. The number of primary amides is 1. The van der Waals surface area contributed by atoms with Gasteiger partial charge >= 0.3 is 0 Å². The van der Waals surface area contributed by atoms with E-state index in [-0.39, 0.29) is 0 Å². The molecule has 100 valence electrons. The van der Waals surface area contributed by atoms with Gasteiger partial charge in [-0.25, -0.2) is 0 Å². The third kappa shape index (κ3) is 4.22. The second kappa shape index (κ2) is 7.27. The summed E-state index contributed by atoms with van der Waals surface area (Å²) in [6.07, 6.45) is 4.41. The van der Waals surface area contributed by atoms with Crippen LogP contribution in [-0.2, 0) is 0 Å². The van der Waals surface area contributed by atoms with Crippen LogP contribution in [-0.4, -0.2) is 11.9 Å². The molecule has 1 rings (SSSR count). The van der Waals surface area contributed by atoms with Gasteiger partial charge in [0, 0.05) is 11.6 Å². The summed E-state index contributed by atoms with van der Waals surface area (Å²) in [5, 5.41) is 4.03. The molecule has 1 amide bonds. The third-order valence-electron chi connectivity index (χ3n) is 2.88. The molecule has 0 aliphatic heterocycles. The topological polar surface area (TPSA) is 55.1 Å². The van der Waals surface area contributed by atoms with Gasteiger partial charge in [0.05, 0.1) is 10.7 Å². The minimum absolute atomic E-state index is 0.389. The Kier molecular flexibility index (Phi) is 5.99. The molecule has 3 N–H and O–H groups in total. The van der Waals surface area contributed by atoms with Gasteiger partial charge in [-0.05, 0) is 31.0 Å². The molecule has 4 heteroatoms. The fourth-order valence-electron chi connectivity index (χ4n) is 1.99. The van der Waals surface area contributed by atoms with Crippen molar-refractivity contribution in [1.82, 2.24) is 0 Å². The molecule has 0 aliphatic rings. The highest BCUT2D eigenvalue weighted by Crippen LogP contribution is 2.25. The van der Waals surface area contributed by atoms with Crippen molar-refractivity contribution in [3.05, 3.63) is 28.8 Å². The number of hydrogen-bond acceptors (Lipinski definition) is 2. The highest BCUT2D eigenvalue weighted by atomic mass is 35.5. The molecule has 1 aromatic rings. The number of amides is 1. The lowest BCUT2D eigenvalue weighted by Gasteiger charge is -2.20. The van der Waals surface area contributed by atoms with Crippen LogP contribution in [0.2, 0.25) is 5.02 Å². The van der Waals surface area contributed by atoms with E-state index in [2.05, 4.69) is 19.2 Å². The Morgan fingerprint density at radius 1 is 1.33 bits per heavy atom. The predicted molar refractivity (Wildman–Crippen MR) is 77.2 cm³/mol. The zero-order valence-electron chi connectivity index (χ0n) is 11.0. The van der Waals surface area contributed by atoms with Crippen LogP contribution in [0, 0.1) is 0 Å². The molecule has 0 fully saturated rings. The monoisotopic (exact) mass is 268 g/mol. The van der Waals surface area contributed by atoms with Crippen molar-refractivity contribution < 1.29 is 4.79 Å². The number of nitrogens with two attached hydrogens (primary N) is 1. The third-order valence-corrected chi connectivity index (χ3v) is 3.21. The maximum absolute atomic E-state index is 11.2. The SMILES string of the molecule is CCCC(CCC)Nc1cc(C(N)=O)ccc1Cl. The Hall–Kier alpha value is -1.22. The number of carbonyl (C=O) groups is 1. The Morgan fingerprint density at radius 3 is 2.44 bits per heavy atom. The maximum Gasteiger partial charge on any atom is 0.248 e. The van der Waals surface area contributed by atoms with Gasteiger partial charge in [0.2, 0.25) is 5.91 Å². The fraction of sp³-hybridized carbons (Fsp3) is 0.500. The fourth-order valence-corrected chi connectivity index (χ4v) is 2.17. The van der Waals surface area contributed by atoms with Crippen molar-refractivity contribution in [1.29, 1.82) is 0 Å². The van der Waals surface area contributed by atoms with Crippen molar-refractivity contribution >= 4 is 23.2 Å². The minimum atomic E-state index is -0.433. The Morgan fingerprint density at radius 2 is 1.94 bits per heavy atom. The molecule has 0 atom stereocenters. The Bertz CT molecular complexity index is 401. The first-order valence-electron chi connectivity index (χ1n) is 6.44. The molecule has 0 spiro atoms. The molecule has 0 unspecified atom stereocenters. The van der Waals surface area contributed by atoms with Crippen LogP contribution in [0.15, 0.2) is 18.2 Å². The number of halogens is 1. The van der Waals surface area contributed by atoms with Gasteiger partial charge in [0.25, 0.3) is 0 Å². The van der Waals surface area contributed by atoms with Crippen molar-refractivity contribution in [2.75, 3.05) is 5.32 Å². The number of hydrogen-bond donors (Lipinski definition) is 2. The van der Waals surface area contributed by atoms with E-state index >= 15 is 0 Å². The van der Waals surface area contributed by atoms with Crippen LogP contribution >= 0.6 is 11.6 Å². The van der Waals surface area contributed by atoms with E-state index in [0.29, 0.717) is 16.6 Å². The molecular weight excluding hydrogens is 248 g/mol. The summed E-state index contributed by atoms with van der Waals surface area (Å²) in [5.41, 5.74) is 6.54. The molecule has 0 saturated carbocycles. The van der Waals surface area contributed by atoms with Crippen molar-refractivity contribution in [3.63, 3.8) is 0 Å². The second-order valence-electron chi connectivity index (χ2n) is 4.48. The highest BCUT2D eigenvalue weighted by Gasteiger charge is 2.10. The lowest BCUT2D eigenvalue weighted by molar-refractivity contribution is 0.100. The largest absolute Gasteiger partial charge is 0.381 e. The molecule has 0 aliphatic carbocycles. The van der Waals surface area contributed by atoms with Crippen LogP contribution in [0.3, 0.4) is 0 Å². The van der Waals surface area contributed by atoms with Crippen LogP contribution in [0.5, 0.6) is 0 Å². The zero-order chi connectivity index (χ0) is 13.5. The molecule has 0 heterocycles. The predicted octanol–water partition coefficient (Wildman–Crippen LogP) is 3.82. The molecule has 3 nitrogen and oxygen atoms in total. The molecule has 0 bridgehead atoms. The van der Waals surface area contributed by atoms with Crippen LogP contribution in [0.4, 0.5) is 5.69 Å². The smallest absolute Gasteiger partial charge is 0.248 e. The molecule has 18 heavy (non-hydrogen) atoms. The Balaban J connectivity index is 2.86. The number of nitrogens with one attached hydrogen (secondary N) is 1. The lowest BCUT2D eigenvalue weighted by atomic mass is 10.1. The standard InChI is InChI=1S/C14H21ClN2O/c1-3-5-11(6-4-2)17-13-9-10(14(16)18)7-8-12(13)15/h7-9,11,17H,3-6H2,1-2H3,(H2,16,18). The maximum atomic E-state index is 11.2. The summed E-state index contributed by atoms with van der Waals surface area (Å²) in [6, 6.07) is 5.47. The first kappa shape index (κ1) is 14.8. The first-order chi connectivity index (χ1) is 8.58. The summed E-state index contributed by atoms with van der Waals surface area (Å²) >= 11 is 6.13. The van der Waals surface area contributed by atoms with Gasteiger partial charge in [-0.1, -0.05) is 38.3 Å². The van der Waals surface area contributed by atoms with E-state index in [4.69, 9.17) is 17.3 Å². The second-order valence-corrected chi connectivity index (χ2v) is 4.88. The summed E-state index contributed by atoms with van der Waals surface area (Å²) in [6.45, 7) is 4.32. The molecule has 0 radical (unpaired) electrons. The van der Waals surface area contributed by atoms with Crippen LogP contribution in [0.1, 0.15) is 49.9 Å². The van der Waals surface area contributed by atoms with Crippen LogP contribution < -0.4 is 11.1 Å². The minimum Gasteiger partial charge on any atom is -0.381 e. The number of rotatable bonds is 7. The van der Waals surface area contributed by atoms with Gasteiger partial charge in [-0.3, -0.25) is 4.79 Å². The van der Waals surface area contributed by atoms with Crippen molar-refractivity contribution in [3.8, 4) is 0 Å². The zero-order valence-corrected chi connectivity index (χ0v) is 11.8. The van der Waals surface area contributed by atoms with E-state index in [0.717, 1.165) is 31.4 Å². The van der Waals surface area contributed by atoms with Crippen molar-refractivity contribution in [2.24, 2.45) is 5.73 Å². The average molecular weight is 269 g/mol. The quantitative estimate of drug-likeness (QED) is 0.790. The van der Waals surface area contributed by atoms with E-state index in [1.54, 1.807) is 18.2 Å². The van der Waals surface area contributed by atoms with Gasteiger partial charge < -0.3 is 11.1 Å². The first-order valence-corrected chi connectivity index (χ1v) is 6.82. The molecule has 0 saturated heterocycles. The van der Waals surface area contributed by atoms with E-state index in [1.165, 1.54) is 0 Å². The van der Waals surface area contributed by atoms with Crippen LogP contribution in [0.25, 0.3) is 0 Å². The van der Waals surface area contributed by atoms with Gasteiger partial charge in [0.1, 0.15) is 0 Å². The summed E-state index contributed by atoms with van der Waals surface area (Å²) in [5.74, 6) is -0.433. The number of anilines is 1. The Labute approximate surface area is 114 Å². The van der Waals surface area contributed by atoms with Crippen molar-refractivity contribution in [2.45, 2.75) is 45.6 Å². The van der Waals surface area contributed by atoms with E-state index in [1.807, 2.05) is 0 Å². The van der Waals surface area contributed by atoms with Gasteiger partial charge in [0.15, 0.2) is 0 Å². The van der Waals surface area contributed by atoms with Gasteiger partial charge in [-0.2, -0.15) is 0 Å². The lowest BCUT2D eigenvalue weighted by Crippen LogP contribution is -2.20. The normalized spacial score (nSPS) is 10.7. The summed E-state index contributed by atoms with van der Waals surface area (Å²) in [4.78, 5) is 11.2. The van der Waals surface area contributed by atoms with E-state index in [9.17, 15) is 4.79 Å². The van der Waals surface area contributed by atoms with E-state index < -0.39 is 5.91 Å².